The van der Waals surface area contributed by atoms with Crippen LogP contribution in [0.2, 0.25) is 0 Å². The Balaban J connectivity index is 1.20. The van der Waals surface area contributed by atoms with Gasteiger partial charge in [-0.1, -0.05) is 12.2 Å². The topological polar surface area (TPSA) is 232 Å². The van der Waals surface area contributed by atoms with Crippen molar-refractivity contribution in [3.63, 3.8) is 0 Å². The normalized spacial score (nSPS) is 38.3. The first-order chi connectivity index (χ1) is 20.9. The number of rotatable bonds is 2. The molecular weight excluding hydrogens is 672 g/mol. The minimum Gasteiger partial charge on any atom is -0.382 e. The number of hydrogen-bond acceptors (Lipinski definition) is 16. The van der Waals surface area contributed by atoms with Crippen LogP contribution >= 0.6 is 25.8 Å². The van der Waals surface area contributed by atoms with Crippen LogP contribution in [0.5, 0.6) is 0 Å². The molecule has 24 heteroatoms. The smallest absolute Gasteiger partial charge is 0.382 e. The lowest BCUT2D eigenvalue weighted by Crippen LogP contribution is -2.34. The Kier molecular flexibility index (Phi) is 7.61. The molecule has 7 heterocycles. The predicted octanol–water partition coefficient (Wildman–Crippen LogP) is 1.37. The van der Waals surface area contributed by atoms with Crippen LogP contribution in [-0.2, 0) is 43.9 Å². The number of hydrogen-bond donors (Lipinski definition) is 4. The van der Waals surface area contributed by atoms with E-state index in [1.807, 2.05) is 0 Å². The highest BCUT2D eigenvalue weighted by Crippen LogP contribution is 2.59. The minimum atomic E-state index is -4.42. The van der Waals surface area contributed by atoms with Crippen molar-refractivity contribution in [3.05, 3.63) is 25.3 Å². The van der Waals surface area contributed by atoms with Gasteiger partial charge in [-0.3, -0.25) is 22.7 Å². The molecule has 4 aromatic rings. The van der Waals surface area contributed by atoms with Gasteiger partial charge in [-0.05, 0) is 11.8 Å². The van der Waals surface area contributed by atoms with Crippen molar-refractivity contribution in [1.82, 2.24) is 39.0 Å². The Hall–Kier alpha value is -2.49. The lowest BCUT2D eigenvalue weighted by atomic mass is 10.1. The molecule has 4 aromatic heterocycles. The largest absolute Gasteiger partial charge is 0.386 e. The fraction of sp³-hybridized carbons (Fsp3) is 0.500. The third-order valence-corrected chi connectivity index (χ3v) is 10.3. The van der Waals surface area contributed by atoms with Crippen molar-refractivity contribution < 1.29 is 45.8 Å². The van der Waals surface area contributed by atoms with Crippen molar-refractivity contribution in [1.29, 1.82) is 0 Å². The fourth-order valence-electron chi connectivity index (χ4n) is 5.16. The average Bonchev–Trinajstić information content (AvgIpc) is 3.73. The van der Waals surface area contributed by atoms with Gasteiger partial charge < -0.3 is 30.4 Å². The lowest BCUT2D eigenvalue weighted by molar-refractivity contribution is -0.0578. The molecule has 0 amide bonds. The summed E-state index contributed by atoms with van der Waals surface area (Å²) in [6.07, 6.45) is -8.00. The number of alkyl halides is 2. The summed E-state index contributed by atoms with van der Waals surface area (Å²) in [5.41, 5.74) is 12.4. The zero-order valence-electron chi connectivity index (χ0n) is 21.9. The number of thiol groups is 1. The van der Waals surface area contributed by atoms with Crippen molar-refractivity contribution in [2.45, 2.75) is 49.2 Å². The maximum atomic E-state index is 16.0. The second-order valence-electron chi connectivity index (χ2n) is 9.85. The number of nitrogens with two attached hydrogens (primary N) is 2. The Morgan fingerprint density at radius 2 is 1.41 bits per heavy atom. The zero-order valence-corrected chi connectivity index (χ0v) is 25.4. The maximum Gasteiger partial charge on any atom is 0.386 e. The first-order valence-corrected chi connectivity index (χ1v) is 18.0. The summed E-state index contributed by atoms with van der Waals surface area (Å²) in [7, 11) is 0. The van der Waals surface area contributed by atoms with E-state index in [9.17, 15) is 9.46 Å². The summed E-state index contributed by atoms with van der Waals surface area (Å²) in [6, 6.07) is 0. The molecule has 0 aliphatic carbocycles. The number of nitrogens with zero attached hydrogens (tertiary/aromatic N) is 8. The maximum absolute atomic E-state index is 16.0. The van der Waals surface area contributed by atoms with E-state index in [4.69, 9.17) is 50.8 Å². The van der Waals surface area contributed by atoms with Crippen molar-refractivity contribution >= 4 is 71.5 Å². The lowest BCUT2D eigenvalue weighted by Gasteiger charge is -2.26. The monoisotopic (exact) mass is 694 g/mol. The van der Waals surface area contributed by atoms with Crippen LogP contribution in [0, 0.1) is 0 Å². The van der Waals surface area contributed by atoms with Gasteiger partial charge in [0.15, 0.2) is 47.7 Å². The van der Waals surface area contributed by atoms with Crippen LogP contribution in [0.15, 0.2) is 25.3 Å². The first kappa shape index (κ1) is 30.2. The second kappa shape index (κ2) is 11.1. The van der Waals surface area contributed by atoms with Gasteiger partial charge in [-0.25, -0.2) is 43.2 Å². The Morgan fingerprint density at radius 3 is 2.05 bits per heavy atom. The molecule has 3 aliphatic rings. The predicted molar refractivity (Wildman–Crippen MR) is 152 cm³/mol. The molecule has 3 fully saturated rings. The summed E-state index contributed by atoms with van der Waals surface area (Å²) < 4.78 is 81.4. The number of aromatic nitrogens is 8. The number of imidazole rings is 2. The van der Waals surface area contributed by atoms with E-state index in [0.29, 0.717) is 0 Å². The molecule has 0 radical (unpaired) electrons. The van der Waals surface area contributed by atoms with E-state index in [1.165, 1.54) is 28.1 Å². The van der Waals surface area contributed by atoms with Gasteiger partial charge in [0.05, 0.1) is 25.9 Å². The van der Waals surface area contributed by atoms with Gasteiger partial charge in [0, 0.05) is 0 Å². The summed E-state index contributed by atoms with van der Waals surface area (Å²) in [5.74, 6) is 0.109. The van der Waals surface area contributed by atoms with Gasteiger partial charge >= 0.3 is 13.5 Å². The molecule has 5 N–H and O–H groups in total. The summed E-state index contributed by atoms with van der Waals surface area (Å²) in [6.45, 7) is -10.0. The third kappa shape index (κ3) is 5.26. The molecule has 2 unspecified atom stereocenters. The molecule has 0 spiro atoms. The standard InChI is InChI=1S/C20H22F2N10O8P2S2/c21-9-7-1-35-41(33,43)39-13-8(38-19(10(13)22)31-5-29-11-15(23)25-3-27-17(11)31)2-36-42(34,44)40-14(9)20(37-7)32-6-30-12-16(24)26-4-28-18(12)32/h3-10,13-14,19-20H,1-2H2,(H,33,43)(H,34,44)(H2,23,25,27)(H2,24,26,28)/t7-,8-,9-,10+,13-,14-,19-,20-,41?,42?/m1/s1. The first-order valence-electron chi connectivity index (χ1n) is 12.7. The van der Waals surface area contributed by atoms with E-state index >= 15 is 8.78 Å². The molecule has 18 nitrogen and oxygen atoms in total. The highest BCUT2D eigenvalue weighted by atomic mass is 32.7. The number of nitrogen functional groups attached to an aromatic ring is 2. The van der Waals surface area contributed by atoms with Gasteiger partial charge in [0.2, 0.25) is 0 Å². The quantitative estimate of drug-likeness (QED) is 0.171. The van der Waals surface area contributed by atoms with Crippen LogP contribution < -0.4 is 11.5 Å². The van der Waals surface area contributed by atoms with Gasteiger partial charge in [0.25, 0.3) is 0 Å². The van der Waals surface area contributed by atoms with Crippen LogP contribution in [-0.4, -0.2) is 93.9 Å². The van der Waals surface area contributed by atoms with Gasteiger partial charge in [-0.2, -0.15) is 0 Å². The molecule has 44 heavy (non-hydrogen) atoms. The van der Waals surface area contributed by atoms with E-state index in [0.717, 1.165) is 6.33 Å². The molecule has 7 rings (SSSR count). The van der Waals surface area contributed by atoms with Crippen molar-refractivity contribution in [3.8, 4) is 0 Å². The average molecular weight is 695 g/mol. The highest BCUT2D eigenvalue weighted by Gasteiger charge is 2.54. The van der Waals surface area contributed by atoms with E-state index in [-0.39, 0.29) is 34.0 Å². The zero-order chi connectivity index (χ0) is 31.0. The molecule has 3 saturated heterocycles. The Labute approximate surface area is 255 Å². The van der Waals surface area contributed by atoms with Gasteiger partial charge in [-0.15, -0.1) is 0 Å². The van der Waals surface area contributed by atoms with E-state index in [2.05, 4.69) is 42.2 Å². The molecule has 236 valence electrons. The summed E-state index contributed by atoms with van der Waals surface area (Å²) >= 11 is 9.15. The number of fused-ring (bicyclic) bond motifs is 5. The van der Waals surface area contributed by atoms with Crippen LogP contribution in [0.4, 0.5) is 20.4 Å². The number of halogens is 2. The summed E-state index contributed by atoms with van der Waals surface area (Å²) in [4.78, 5) is 35.1. The SMILES string of the molecule is Nc1ncnc2c1ncn2[C@@H]1O[C@@H]2COP(=O)(S)O[C@@H]3[C@H](F)[C@@H](COP(O)(=S)O[C@H]2[C@@H]1F)O[C@H]3n1cnc2c(N)ncnc21. The minimum absolute atomic E-state index is 0.0534. The molecule has 0 aromatic carbocycles. The summed E-state index contributed by atoms with van der Waals surface area (Å²) in [5, 5.41) is 0. The van der Waals surface area contributed by atoms with Crippen molar-refractivity contribution in [2.24, 2.45) is 0 Å². The second-order valence-corrected chi connectivity index (χ2v) is 15.5. The van der Waals surface area contributed by atoms with Crippen molar-refractivity contribution in [2.75, 3.05) is 24.7 Å². The van der Waals surface area contributed by atoms with Crippen LogP contribution in [0.3, 0.4) is 0 Å². The van der Waals surface area contributed by atoms with E-state index in [1.54, 1.807) is 0 Å². The molecule has 2 bridgehead atoms. The molecule has 3 aliphatic heterocycles. The molecular formula is C20H22F2N10O8P2S2. The van der Waals surface area contributed by atoms with Gasteiger partial charge in [0.1, 0.15) is 48.1 Å². The third-order valence-electron chi connectivity index (χ3n) is 7.17. The molecule has 10 atom stereocenters. The number of anilines is 2. The number of ether oxygens (including phenoxy) is 2. The Bertz CT molecular complexity index is 1840. The Morgan fingerprint density at radius 1 is 0.841 bits per heavy atom. The fourth-order valence-corrected chi connectivity index (χ4v) is 8.05. The van der Waals surface area contributed by atoms with Crippen LogP contribution in [0.1, 0.15) is 12.5 Å². The van der Waals surface area contributed by atoms with E-state index < -0.39 is 75.9 Å². The van der Waals surface area contributed by atoms with Crippen LogP contribution in [0.25, 0.3) is 22.3 Å². The highest BCUT2D eigenvalue weighted by molar-refractivity contribution is 8.44. The molecule has 0 saturated carbocycles.